The maximum atomic E-state index is 13.6. The van der Waals surface area contributed by atoms with E-state index in [1.54, 1.807) is 31.4 Å². The highest BCUT2D eigenvalue weighted by molar-refractivity contribution is 5.96. The van der Waals surface area contributed by atoms with Crippen LogP contribution in [-0.4, -0.2) is 62.3 Å². The Morgan fingerprint density at radius 3 is 2.53 bits per heavy atom. The number of aromatic nitrogens is 3. The number of amides is 2. The molecule has 2 amide bonds. The number of imidazole rings is 1. The molecular formula is C25H27N5O2. The van der Waals surface area contributed by atoms with Gasteiger partial charge in [0.15, 0.2) is 0 Å². The van der Waals surface area contributed by atoms with E-state index in [0.29, 0.717) is 24.2 Å². The molecule has 2 bridgehead atoms. The van der Waals surface area contributed by atoms with Crippen LogP contribution in [0.5, 0.6) is 0 Å². The maximum absolute atomic E-state index is 13.6. The lowest BCUT2D eigenvalue weighted by Gasteiger charge is -2.28. The largest absolute Gasteiger partial charge is 0.343 e. The van der Waals surface area contributed by atoms with Crippen molar-refractivity contribution in [1.29, 1.82) is 0 Å². The van der Waals surface area contributed by atoms with E-state index < -0.39 is 0 Å². The average Bonchev–Trinajstić information content (AvgIpc) is 3.29. The number of carbonyl (C=O) groups is 2. The van der Waals surface area contributed by atoms with Gasteiger partial charge >= 0.3 is 0 Å². The molecule has 2 aromatic heterocycles. The van der Waals surface area contributed by atoms with Gasteiger partial charge in [-0.25, -0.2) is 4.98 Å². The van der Waals surface area contributed by atoms with Crippen LogP contribution in [-0.2, 0) is 13.0 Å². The van der Waals surface area contributed by atoms with E-state index in [1.165, 1.54) is 0 Å². The van der Waals surface area contributed by atoms with Crippen molar-refractivity contribution in [3.05, 3.63) is 71.3 Å². The molecule has 0 N–H and O–H groups in total. The second-order valence-corrected chi connectivity index (χ2v) is 8.90. The molecule has 2 atom stereocenters. The van der Waals surface area contributed by atoms with Gasteiger partial charge in [-0.15, -0.1) is 0 Å². The van der Waals surface area contributed by atoms with Crippen LogP contribution in [0.15, 0.2) is 48.8 Å². The number of aryl methyl sites for hydroxylation is 1. The standard InChI is InChI=1S/C25H27N5O2/c1-16-11-12-26-14-20(16)24(31)30-18-9-10-19(30)15-29-21(13-18)22(25(32)28(2)3)27-23(29)17-7-5-4-6-8-17/h4-8,11-12,14,18-19H,9-10,13,15H2,1-3H3/t18-,19+/m0/s1. The minimum atomic E-state index is -0.102. The number of rotatable bonds is 3. The Labute approximate surface area is 187 Å². The predicted molar refractivity (Wildman–Crippen MR) is 121 cm³/mol. The van der Waals surface area contributed by atoms with Gasteiger partial charge in [0.2, 0.25) is 0 Å². The third kappa shape index (κ3) is 3.28. The lowest BCUT2D eigenvalue weighted by Crippen LogP contribution is -2.42. The van der Waals surface area contributed by atoms with Gasteiger partial charge in [0.1, 0.15) is 11.5 Å². The summed E-state index contributed by atoms with van der Waals surface area (Å²) in [7, 11) is 3.50. The van der Waals surface area contributed by atoms with Gasteiger partial charge in [0, 0.05) is 51.1 Å². The number of fused-ring (bicyclic) bond motifs is 3. The van der Waals surface area contributed by atoms with Crippen LogP contribution in [0, 0.1) is 6.92 Å². The smallest absolute Gasteiger partial charge is 0.273 e. The van der Waals surface area contributed by atoms with Gasteiger partial charge < -0.3 is 14.4 Å². The maximum Gasteiger partial charge on any atom is 0.273 e. The van der Waals surface area contributed by atoms with Crippen molar-refractivity contribution in [3.63, 3.8) is 0 Å². The molecule has 0 aliphatic carbocycles. The minimum Gasteiger partial charge on any atom is -0.343 e. The summed E-state index contributed by atoms with van der Waals surface area (Å²) in [6.07, 6.45) is 5.87. The summed E-state index contributed by atoms with van der Waals surface area (Å²) in [6, 6.07) is 12.0. The highest BCUT2D eigenvalue weighted by Crippen LogP contribution is 2.36. The summed E-state index contributed by atoms with van der Waals surface area (Å²) in [5, 5.41) is 0. The fraction of sp³-hybridized carbons (Fsp3) is 0.360. The summed E-state index contributed by atoms with van der Waals surface area (Å²) in [5.41, 5.74) is 3.98. The Balaban J connectivity index is 1.59. The molecule has 1 fully saturated rings. The first-order chi connectivity index (χ1) is 15.5. The van der Waals surface area contributed by atoms with Crippen LogP contribution >= 0.6 is 0 Å². The van der Waals surface area contributed by atoms with Gasteiger partial charge in [0.05, 0.1) is 17.3 Å². The van der Waals surface area contributed by atoms with E-state index in [1.807, 2.05) is 48.2 Å². The van der Waals surface area contributed by atoms with Crippen LogP contribution in [0.3, 0.4) is 0 Å². The van der Waals surface area contributed by atoms with Crippen molar-refractivity contribution in [2.75, 3.05) is 14.1 Å². The molecule has 3 aromatic rings. The van der Waals surface area contributed by atoms with Crippen molar-refractivity contribution in [2.24, 2.45) is 0 Å². The van der Waals surface area contributed by atoms with Crippen LogP contribution in [0.25, 0.3) is 11.4 Å². The molecule has 0 saturated carbocycles. The van der Waals surface area contributed by atoms with Crippen molar-refractivity contribution in [1.82, 2.24) is 24.3 Å². The summed E-state index contributed by atoms with van der Waals surface area (Å²) < 4.78 is 2.17. The Morgan fingerprint density at radius 2 is 1.81 bits per heavy atom. The summed E-state index contributed by atoms with van der Waals surface area (Å²) in [5.74, 6) is 0.724. The lowest BCUT2D eigenvalue weighted by molar-refractivity contribution is 0.0665. The molecule has 0 spiro atoms. The number of pyridine rings is 1. The molecular weight excluding hydrogens is 402 g/mol. The molecule has 0 radical (unpaired) electrons. The first-order valence-electron chi connectivity index (χ1n) is 11.1. The molecule has 164 valence electrons. The molecule has 5 rings (SSSR count). The van der Waals surface area contributed by atoms with Gasteiger partial charge in [-0.05, 0) is 31.4 Å². The van der Waals surface area contributed by atoms with Crippen molar-refractivity contribution in [2.45, 2.75) is 44.8 Å². The zero-order valence-electron chi connectivity index (χ0n) is 18.7. The first-order valence-corrected chi connectivity index (χ1v) is 11.1. The topological polar surface area (TPSA) is 71.3 Å². The average molecular weight is 430 g/mol. The van der Waals surface area contributed by atoms with Crippen molar-refractivity contribution < 1.29 is 9.59 Å². The second-order valence-electron chi connectivity index (χ2n) is 8.90. The van der Waals surface area contributed by atoms with Gasteiger partial charge in [-0.1, -0.05) is 30.3 Å². The highest BCUT2D eigenvalue weighted by atomic mass is 16.2. The number of nitrogens with zero attached hydrogens (tertiary/aromatic N) is 5. The van der Waals surface area contributed by atoms with Gasteiger partial charge in [-0.3, -0.25) is 14.6 Å². The quantitative estimate of drug-likeness (QED) is 0.641. The molecule has 2 aliphatic rings. The highest BCUT2D eigenvalue weighted by Gasteiger charge is 2.43. The first kappa shape index (κ1) is 20.4. The van der Waals surface area contributed by atoms with Crippen LogP contribution < -0.4 is 0 Å². The fourth-order valence-electron chi connectivity index (χ4n) is 5.01. The van der Waals surface area contributed by atoms with Crippen molar-refractivity contribution in [3.8, 4) is 11.4 Å². The second kappa shape index (κ2) is 7.89. The fourth-order valence-corrected chi connectivity index (χ4v) is 5.01. The molecule has 4 heterocycles. The minimum absolute atomic E-state index is 0.0311. The van der Waals surface area contributed by atoms with E-state index in [9.17, 15) is 9.59 Å². The zero-order valence-corrected chi connectivity index (χ0v) is 18.7. The Kier molecular flexibility index (Phi) is 5.04. The van der Waals surface area contributed by atoms with Crippen LogP contribution in [0.4, 0.5) is 0 Å². The van der Waals surface area contributed by atoms with E-state index >= 15 is 0 Å². The summed E-state index contributed by atoms with van der Waals surface area (Å²) in [4.78, 5) is 39.2. The molecule has 7 nitrogen and oxygen atoms in total. The third-order valence-corrected chi connectivity index (χ3v) is 6.66. The summed E-state index contributed by atoms with van der Waals surface area (Å²) >= 11 is 0. The monoisotopic (exact) mass is 429 g/mol. The molecule has 0 unspecified atom stereocenters. The van der Waals surface area contributed by atoms with E-state index in [4.69, 9.17) is 4.98 Å². The molecule has 32 heavy (non-hydrogen) atoms. The van der Waals surface area contributed by atoms with E-state index in [-0.39, 0.29) is 23.9 Å². The number of benzene rings is 1. The van der Waals surface area contributed by atoms with Crippen LogP contribution in [0.2, 0.25) is 0 Å². The van der Waals surface area contributed by atoms with E-state index in [0.717, 1.165) is 35.5 Å². The molecule has 1 saturated heterocycles. The van der Waals surface area contributed by atoms with Crippen molar-refractivity contribution >= 4 is 11.8 Å². The van der Waals surface area contributed by atoms with Gasteiger partial charge in [-0.2, -0.15) is 0 Å². The third-order valence-electron chi connectivity index (χ3n) is 6.66. The predicted octanol–water partition coefficient (Wildman–Crippen LogP) is 3.18. The molecule has 2 aliphatic heterocycles. The Bertz CT molecular complexity index is 1180. The number of carbonyl (C=O) groups excluding carboxylic acids is 2. The SMILES string of the molecule is Cc1ccncc1C(=O)N1[C@@H]2CC[C@H]1Cc1c(C(=O)N(C)C)nc(-c3ccccc3)n1C2. The molecule has 1 aromatic carbocycles. The normalized spacial score (nSPS) is 19.4. The molecule has 7 heteroatoms. The number of hydrogen-bond donors (Lipinski definition) is 0. The Hall–Kier alpha value is -3.48. The van der Waals surface area contributed by atoms with E-state index in [2.05, 4.69) is 9.55 Å². The van der Waals surface area contributed by atoms with Crippen LogP contribution in [0.1, 0.15) is 44.9 Å². The zero-order chi connectivity index (χ0) is 22.4. The summed E-state index contributed by atoms with van der Waals surface area (Å²) in [6.45, 7) is 2.58. The van der Waals surface area contributed by atoms with Gasteiger partial charge in [0.25, 0.3) is 11.8 Å². The lowest BCUT2D eigenvalue weighted by atomic mass is 10.0. The Morgan fingerprint density at radius 1 is 1.06 bits per heavy atom. The number of hydrogen-bond acceptors (Lipinski definition) is 4.